The van der Waals surface area contributed by atoms with Crippen molar-refractivity contribution in [1.29, 1.82) is 0 Å². The molecule has 15 heavy (non-hydrogen) atoms. The Labute approximate surface area is 94.6 Å². The van der Waals surface area contributed by atoms with Crippen LogP contribution in [0.15, 0.2) is 12.3 Å². The second-order valence-corrected chi connectivity index (χ2v) is 4.31. The lowest BCUT2D eigenvalue weighted by Gasteiger charge is -2.10. The monoisotopic (exact) mass is 226 g/mol. The Morgan fingerprint density at radius 3 is 3.20 bits per heavy atom. The summed E-state index contributed by atoms with van der Waals surface area (Å²) >= 11 is 5.86. The fourth-order valence-electron chi connectivity index (χ4n) is 1.88. The van der Waals surface area contributed by atoms with Crippen molar-refractivity contribution in [2.45, 2.75) is 31.8 Å². The third-order valence-electron chi connectivity index (χ3n) is 2.73. The van der Waals surface area contributed by atoms with Crippen LogP contribution in [0, 0.1) is 0 Å². The van der Waals surface area contributed by atoms with Crippen LogP contribution in [0.25, 0.3) is 0 Å². The summed E-state index contributed by atoms with van der Waals surface area (Å²) in [6.07, 6.45) is 6.20. The SMILES string of the molecule is Nc1ncc(Cl)cc1CCC1CCCO1. The second kappa shape index (κ2) is 4.81. The van der Waals surface area contributed by atoms with Gasteiger partial charge in [0.2, 0.25) is 0 Å². The molecule has 82 valence electrons. The zero-order valence-corrected chi connectivity index (χ0v) is 9.33. The average molecular weight is 227 g/mol. The van der Waals surface area contributed by atoms with Crippen LogP contribution in [0.5, 0.6) is 0 Å². The Morgan fingerprint density at radius 1 is 1.60 bits per heavy atom. The van der Waals surface area contributed by atoms with E-state index in [1.807, 2.05) is 6.07 Å². The van der Waals surface area contributed by atoms with Gasteiger partial charge in [-0.15, -0.1) is 0 Å². The molecule has 1 unspecified atom stereocenters. The molecule has 4 heteroatoms. The number of aryl methyl sites for hydroxylation is 1. The zero-order valence-electron chi connectivity index (χ0n) is 8.58. The highest BCUT2D eigenvalue weighted by molar-refractivity contribution is 6.30. The van der Waals surface area contributed by atoms with Crippen molar-refractivity contribution >= 4 is 17.4 Å². The average Bonchev–Trinajstić information content (AvgIpc) is 2.72. The number of hydrogen-bond acceptors (Lipinski definition) is 3. The van der Waals surface area contributed by atoms with Crippen LogP contribution in [-0.2, 0) is 11.2 Å². The minimum atomic E-state index is 0.392. The van der Waals surface area contributed by atoms with Crippen LogP contribution >= 0.6 is 11.6 Å². The number of pyridine rings is 1. The molecule has 1 fully saturated rings. The van der Waals surface area contributed by atoms with Gasteiger partial charge < -0.3 is 10.5 Å². The lowest BCUT2D eigenvalue weighted by atomic mass is 10.1. The number of halogens is 1. The molecule has 0 aromatic carbocycles. The summed E-state index contributed by atoms with van der Waals surface area (Å²) in [5.41, 5.74) is 6.79. The van der Waals surface area contributed by atoms with Crippen LogP contribution in [0.3, 0.4) is 0 Å². The Balaban J connectivity index is 1.94. The summed E-state index contributed by atoms with van der Waals surface area (Å²) in [4.78, 5) is 4.03. The molecule has 1 aromatic heterocycles. The van der Waals surface area contributed by atoms with Gasteiger partial charge in [0, 0.05) is 12.8 Å². The van der Waals surface area contributed by atoms with Crippen molar-refractivity contribution in [2.75, 3.05) is 12.3 Å². The zero-order chi connectivity index (χ0) is 10.7. The highest BCUT2D eigenvalue weighted by Crippen LogP contribution is 2.21. The van der Waals surface area contributed by atoms with Gasteiger partial charge in [0.1, 0.15) is 5.82 Å². The van der Waals surface area contributed by atoms with E-state index in [-0.39, 0.29) is 0 Å². The highest BCUT2D eigenvalue weighted by atomic mass is 35.5. The molecule has 0 radical (unpaired) electrons. The first-order valence-corrected chi connectivity index (χ1v) is 5.65. The standard InChI is InChI=1S/C11H15ClN2O/c12-9-6-8(11(13)14-7-9)3-4-10-2-1-5-15-10/h6-7,10H,1-5H2,(H2,13,14). The molecular weight excluding hydrogens is 212 g/mol. The molecule has 3 nitrogen and oxygen atoms in total. The van der Waals surface area contributed by atoms with E-state index in [4.69, 9.17) is 22.1 Å². The largest absolute Gasteiger partial charge is 0.383 e. The Kier molecular flexibility index (Phi) is 3.44. The predicted octanol–water partition coefficient (Wildman–Crippen LogP) is 2.43. The van der Waals surface area contributed by atoms with E-state index in [0.717, 1.165) is 31.4 Å². The summed E-state index contributed by atoms with van der Waals surface area (Å²) in [7, 11) is 0. The fraction of sp³-hybridized carbons (Fsp3) is 0.545. The van der Waals surface area contributed by atoms with Crippen molar-refractivity contribution in [3.63, 3.8) is 0 Å². The van der Waals surface area contributed by atoms with Gasteiger partial charge in [0.05, 0.1) is 11.1 Å². The van der Waals surface area contributed by atoms with E-state index in [1.54, 1.807) is 6.20 Å². The predicted molar refractivity (Wildman–Crippen MR) is 61.0 cm³/mol. The number of nitrogens with zero attached hydrogens (tertiary/aromatic N) is 1. The number of nitrogen functional groups attached to an aromatic ring is 1. The molecule has 0 aliphatic carbocycles. The number of rotatable bonds is 3. The van der Waals surface area contributed by atoms with Gasteiger partial charge in [-0.05, 0) is 37.3 Å². The molecule has 2 N–H and O–H groups in total. The first-order valence-electron chi connectivity index (χ1n) is 5.27. The first-order chi connectivity index (χ1) is 7.25. The number of nitrogens with two attached hydrogens (primary N) is 1. The Bertz CT molecular complexity index is 337. The normalized spacial score (nSPS) is 20.7. The maximum Gasteiger partial charge on any atom is 0.126 e. The molecule has 0 spiro atoms. The molecular formula is C11H15ClN2O. The van der Waals surface area contributed by atoms with E-state index in [2.05, 4.69) is 4.98 Å². The molecule has 1 aromatic rings. The van der Waals surface area contributed by atoms with Crippen LogP contribution in [0.4, 0.5) is 5.82 Å². The van der Waals surface area contributed by atoms with E-state index < -0.39 is 0 Å². The summed E-state index contributed by atoms with van der Waals surface area (Å²) in [6, 6.07) is 1.89. The lowest BCUT2D eigenvalue weighted by molar-refractivity contribution is 0.104. The molecule has 2 rings (SSSR count). The number of aromatic nitrogens is 1. The van der Waals surface area contributed by atoms with Crippen molar-refractivity contribution in [3.05, 3.63) is 22.8 Å². The third-order valence-corrected chi connectivity index (χ3v) is 2.93. The van der Waals surface area contributed by atoms with E-state index in [1.165, 1.54) is 6.42 Å². The highest BCUT2D eigenvalue weighted by Gasteiger charge is 2.15. The summed E-state index contributed by atoms with van der Waals surface area (Å²) in [6.45, 7) is 0.897. The van der Waals surface area contributed by atoms with E-state index in [9.17, 15) is 0 Å². The Morgan fingerprint density at radius 2 is 2.47 bits per heavy atom. The van der Waals surface area contributed by atoms with Gasteiger partial charge >= 0.3 is 0 Å². The molecule has 2 heterocycles. The maximum absolute atomic E-state index is 5.86. The summed E-state index contributed by atoms with van der Waals surface area (Å²) < 4.78 is 5.55. The molecule has 1 atom stereocenters. The van der Waals surface area contributed by atoms with Gasteiger partial charge in [-0.25, -0.2) is 4.98 Å². The molecule has 0 bridgehead atoms. The van der Waals surface area contributed by atoms with Crippen molar-refractivity contribution in [3.8, 4) is 0 Å². The molecule has 0 amide bonds. The van der Waals surface area contributed by atoms with E-state index >= 15 is 0 Å². The van der Waals surface area contributed by atoms with Crippen LogP contribution in [0.2, 0.25) is 5.02 Å². The van der Waals surface area contributed by atoms with Crippen LogP contribution < -0.4 is 5.73 Å². The smallest absolute Gasteiger partial charge is 0.126 e. The quantitative estimate of drug-likeness (QED) is 0.861. The van der Waals surface area contributed by atoms with E-state index in [0.29, 0.717) is 16.9 Å². The van der Waals surface area contributed by atoms with Crippen molar-refractivity contribution < 1.29 is 4.74 Å². The van der Waals surface area contributed by atoms with Gasteiger partial charge in [-0.2, -0.15) is 0 Å². The fourth-order valence-corrected chi connectivity index (χ4v) is 2.06. The topological polar surface area (TPSA) is 48.1 Å². The van der Waals surface area contributed by atoms with Crippen molar-refractivity contribution in [2.24, 2.45) is 0 Å². The van der Waals surface area contributed by atoms with Gasteiger partial charge in [-0.1, -0.05) is 11.6 Å². The molecule has 1 aliphatic rings. The third kappa shape index (κ3) is 2.83. The van der Waals surface area contributed by atoms with Gasteiger partial charge in [0.25, 0.3) is 0 Å². The number of anilines is 1. The lowest BCUT2D eigenvalue weighted by Crippen LogP contribution is -2.07. The molecule has 1 aliphatic heterocycles. The minimum Gasteiger partial charge on any atom is -0.383 e. The number of hydrogen-bond donors (Lipinski definition) is 1. The van der Waals surface area contributed by atoms with Crippen molar-refractivity contribution in [1.82, 2.24) is 4.98 Å². The van der Waals surface area contributed by atoms with Crippen LogP contribution in [-0.4, -0.2) is 17.7 Å². The van der Waals surface area contributed by atoms with Crippen LogP contribution in [0.1, 0.15) is 24.8 Å². The maximum atomic E-state index is 5.86. The molecule has 1 saturated heterocycles. The molecule has 0 saturated carbocycles. The minimum absolute atomic E-state index is 0.392. The van der Waals surface area contributed by atoms with Gasteiger partial charge in [-0.3, -0.25) is 0 Å². The van der Waals surface area contributed by atoms with Gasteiger partial charge in [0.15, 0.2) is 0 Å². The summed E-state index contributed by atoms with van der Waals surface area (Å²) in [5.74, 6) is 0.581. The Hall–Kier alpha value is -0.800. The second-order valence-electron chi connectivity index (χ2n) is 3.87. The summed E-state index contributed by atoms with van der Waals surface area (Å²) in [5, 5.41) is 0.645. The first kappa shape index (κ1) is 10.7. The number of ether oxygens (including phenoxy) is 1.